The van der Waals surface area contributed by atoms with E-state index in [1.807, 2.05) is 42.2 Å². The van der Waals surface area contributed by atoms with Crippen LogP contribution in [-0.4, -0.2) is 33.9 Å². The van der Waals surface area contributed by atoms with Gasteiger partial charge >= 0.3 is 0 Å². The Morgan fingerprint density at radius 2 is 1.96 bits per heavy atom. The van der Waals surface area contributed by atoms with Crippen LogP contribution in [0, 0.1) is 6.92 Å². The topological polar surface area (TPSA) is 66.1 Å². The molecule has 0 bridgehead atoms. The van der Waals surface area contributed by atoms with Gasteiger partial charge in [-0.2, -0.15) is 0 Å². The van der Waals surface area contributed by atoms with Crippen molar-refractivity contribution in [2.75, 3.05) is 13.1 Å². The summed E-state index contributed by atoms with van der Waals surface area (Å²) in [6.07, 6.45) is 2.27. The summed E-state index contributed by atoms with van der Waals surface area (Å²) in [6, 6.07) is 9.88. The third kappa shape index (κ3) is 2.98. The maximum absolute atomic E-state index is 12.7. The molecule has 4 rings (SSSR count). The average Bonchev–Trinajstić information content (AvgIpc) is 3.23. The van der Waals surface area contributed by atoms with E-state index in [0.717, 1.165) is 41.9 Å². The highest BCUT2D eigenvalue weighted by atomic mass is 32.1. The first kappa shape index (κ1) is 16.0. The van der Waals surface area contributed by atoms with Crippen LogP contribution < -0.4 is 5.56 Å². The average molecular weight is 353 g/mol. The van der Waals surface area contributed by atoms with Gasteiger partial charge in [-0.25, -0.2) is 4.98 Å². The molecule has 1 N–H and O–H groups in total. The van der Waals surface area contributed by atoms with Crippen LogP contribution in [0.25, 0.3) is 21.3 Å². The van der Waals surface area contributed by atoms with E-state index in [9.17, 15) is 9.59 Å². The highest BCUT2D eigenvalue weighted by Crippen LogP contribution is 2.35. The monoisotopic (exact) mass is 353 g/mol. The van der Waals surface area contributed by atoms with Gasteiger partial charge in [-0.15, -0.1) is 11.3 Å². The largest absolute Gasteiger partial charge is 0.342 e. The van der Waals surface area contributed by atoms with Gasteiger partial charge in [0.15, 0.2) is 0 Å². The van der Waals surface area contributed by atoms with Gasteiger partial charge in [-0.1, -0.05) is 30.3 Å². The standard InChI is InChI=1S/C19H19N3O2S/c1-12-16(13-7-3-2-4-8-13)17-18(24)20-14(21-19(17)25-12)11-15(23)22-9-5-6-10-22/h2-4,7-8H,5-6,9-11H2,1H3,(H,20,21,24). The molecular weight excluding hydrogens is 334 g/mol. The summed E-state index contributed by atoms with van der Waals surface area (Å²) in [7, 11) is 0. The summed E-state index contributed by atoms with van der Waals surface area (Å²) in [5, 5.41) is 0.617. The fourth-order valence-corrected chi connectivity index (χ4v) is 4.49. The number of H-pyrrole nitrogens is 1. The van der Waals surface area contributed by atoms with E-state index in [2.05, 4.69) is 9.97 Å². The van der Waals surface area contributed by atoms with Crippen molar-refractivity contribution in [3.05, 3.63) is 51.4 Å². The van der Waals surface area contributed by atoms with Crippen molar-refractivity contribution in [1.82, 2.24) is 14.9 Å². The second-order valence-electron chi connectivity index (χ2n) is 6.36. The van der Waals surface area contributed by atoms with E-state index in [4.69, 9.17) is 0 Å². The summed E-state index contributed by atoms with van der Waals surface area (Å²) < 4.78 is 0. The van der Waals surface area contributed by atoms with E-state index < -0.39 is 0 Å². The van der Waals surface area contributed by atoms with Crippen LogP contribution in [0.3, 0.4) is 0 Å². The van der Waals surface area contributed by atoms with Crippen LogP contribution in [0.15, 0.2) is 35.1 Å². The molecule has 1 saturated heterocycles. The number of nitrogens with one attached hydrogen (secondary N) is 1. The Balaban J connectivity index is 1.74. The van der Waals surface area contributed by atoms with Crippen LogP contribution in [0.2, 0.25) is 0 Å². The number of amides is 1. The molecule has 0 atom stereocenters. The number of rotatable bonds is 3. The number of benzene rings is 1. The molecule has 0 aliphatic carbocycles. The molecule has 5 nitrogen and oxygen atoms in total. The van der Waals surface area contributed by atoms with Crippen molar-refractivity contribution in [2.45, 2.75) is 26.2 Å². The summed E-state index contributed by atoms with van der Waals surface area (Å²) in [5.41, 5.74) is 1.78. The number of aromatic nitrogens is 2. The van der Waals surface area contributed by atoms with Gasteiger partial charge in [-0.3, -0.25) is 9.59 Å². The second kappa shape index (κ2) is 6.44. The highest BCUT2D eigenvalue weighted by molar-refractivity contribution is 7.19. The van der Waals surface area contributed by atoms with Crippen molar-refractivity contribution >= 4 is 27.5 Å². The molecule has 2 aromatic heterocycles. The van der Waals surface area contributed by atoms with Crippen LogP contribution >= 0.6 is 11.3 Å². The maximum atomic E-state index is 12.7. The molecule has 3 heterocycles. The minimum absolute atomic E-state index is 0.0385. The lowest BCUT2D eigenvalue weighted by atomic mass is 10.0. The third-order valence-electron chi connectivity index (χ3n) is 4.63. The lowest BCUT2D eigenvalue weighted by Gasteiger charge is -2.14. The number of nitrogens with zero attached hydrogens (tertiary/aromatic N) is 2. The molecule has 0 unspecified atom stereocenters. The van der Waals surface area contributed by atoms with Crippen LogP contribution in [0.4, 0.5) is 0 Å². The molecule has 1 fully saturated rings. The van der Waals surface area contributed by atoms with Crippen molar-refractivity contribution in [3.8, 4) is 11.1 Å². The van der Waals surface area contributed by atoms with E-state index >= 15 is 0 Å². The molecule has 1 aliphatic rings. The normalized spacial score (nSPS) is 14.4. The lowest BCUT2D eigenvalue weighted by molar-refractivity contribution is -0.129. The molecule has 6 heteroatoms. The first-order valence-electron chi connectivity index (χ1n) is 8.49. The molecule has 128 valence electrons. The van der Waals surface area contributed by atoms with Crippen molar-refractivity contribution in [2.24, 2.45) is 0 Å². The van der Waals surface area contributed by atoms with Gasteiger partial charge < -0.3 is 9.88 Å². The van der Waals surface area contributed by atoms with Gasteiger partial charge in [0.1, 0.15) is 10.7 Å². The molecule has 0 saturated carbocycles. The van der Waals surface area contributed by atoms with E-state index in [1.54, 1.807) is 0 Å². The molecule has 3 aromatic rings. The first-order valence-corrected chi connectivity index (χ1v) is 9.30. The van der Waals surface area contributed by atoms with Gasteiger partial charge in [0.2, 0.25) is 5.91 Å². The van der Waals surface area contributed by atoms with E-state index in [-0.39, 0.29) is 17.9 Å². The number of likely N-dealkylation sites (tertiary alicyclic amines) is 1. The summed E-state index contributed by atoms with van der Waals surface area (Å²) in [4.78, 5) is 36.0. The number of hydrogen-bond acceptors (Lipinski definition) is 4. The fourth-order valence-electron chi connectivity index (χ4n) is 3.42. The molecule has 0 spiro atoms. The Morgan fingerprint density at radius 1 is 1.24 bits per heavy atom. The van der Waals surface area contributed by atoms with Crippen molar-refractivity contribution in [1.29, 1.82) is 0 Å². The Bertz CT molecular complexity index is 985. The van der Waals surface area contributed by atoms with Crippen LogP contribution in [0.5, 0.6) is 0 Å². The quantitative estimate of drug-likeness (QED) is 0.787. The maximum Gasteiger partial charge on any atom is 0.260 e. The third-order valence-corrected chi connectivity index (χ3v) is 5.63. The molecule has 1 amide bonds. The fraction of sp³-hybridized carbons (Fsp3) is 0.316. The number of fused-ring (bicyclic) bond motifs is 1. The Morgan fingerprint density at radius 3 is 2.68 bits per heavy atom. The van der Waals surface area contributed by atoms with Crippen molar-refractivity contribution < 1.29 is 4.79 Å². The van der Waals surface area contributed by atoms with E-state index in [1.165, 1.54) is 11.3 Å². The minimum Gasteiger partial charge on any atom is -0.342 e. The van der Waals surface area contributed by atoms with Gasteiger partial charge in [-0.05, 0) is 25.3 Å². The van der Waals surface area contributed by atoms with Gasteiger partial charge in [0.05, 0.1) is 11.8 Å². The first-order chi connectivity index (χ1) is 12.1. The molecule has 1 aliphatic heterocycles. The molecule has 25 heavy (non-hydrogen) atoms. The summed E-state index contributed by atoms with van der Waals surface area (Å²) in [6.45, 7) is 3.62. The van der Waals surface area contributed by atoms with Gasteiger partial charge in [0.25, 0.3) is 5.56 Å². The molecular formula is C19H19N3O2S. The zero-order valence-electron chi connectivity index (χ0n) is 14.0. The summed E-state index contributed by atoms with van der Waals surface area (Å²) >= 11 is 1.51. The molecule has 0 radical (unpaired) electrons. The Labute approximate surface area is 149 Å². The Hall–Kier alpha value is -2.47. The molecule has 1 aromatic carbocycles. The van der Waals surface area contributed by atoms with Crippen LogP contribution in [-0.2, 0) is 11.2 Å². The highest BCUT2D eigenvalue weighted by Gasteiger charge is 2.21. The summed E-state index contributed by atoms with van der Waals surface area (Å²) in [5.74, 6) is 0.492. The number of aryl methyl sites for hydroxylation is 1. The van der Waals surface area contributed by atoms with E-state index in [0.29, 0.717) is 16.0 Å². The van der Waals surface area contributed by atoms with Gasteiger partial charge in [0, 0.05) is 23.5 Å². The zero-order valence-corrected chi connectivity index (χ0v) is 14.9. The number of aromatic amines is 1. The number of carbonyl (C=O) groups is 1. The van der Waals surface area contributed by atoms with Crippen LogP contribution in [0.1, 0.15) is 23.5 Å². The lowest BCUT2D eigenvalue weighted by Crippen LogP contribution is -2.30. The SMILES string of the molecule is Cc1sc2nc(CC(=O)N3CCCC3)[nH]c(=O)c2c1-c1ccccc1. The predicted molar refractivity (Wildman–Crippen MR) is 99.9 cm³/mol. The number of carbonyl (C=O) groups excluding carboxylic acids is 1. The zero-order chi connectivity index (χ0) is 17.4. The van der Waals surface area contributed by atoms with Crippen molar-refractivity contribution in [3.63, 3.8) is 0 Å². The predicted octanol–water partition coefficient (Wildman–Crippen LogP) is 3.12. The number of hydrogen-bond donors (Lipinski definition) is 1. The minimum atomic E-state index is -0.169. The Kier molecular flexibility index (Phi) is 4.13. The number of thiophene rings is 1. The smallest absolute Gasteiger partial charge is 0.260 e. The second-order valence-corrected chi connectivity index (χ2v) is 7.56.